The van der Waals surface area contributed by atoms with Gasteiger partial charge in [-0.2, -0.15) is 0 Å². The number of anilines is 1. The monoisotopic (exact) mass is 232 g/mol. The van der Waals surface area contributed by atoms with Crippen LogP contribution in [0.3, 0.4) is 0 Å². The molecule has 1 heterocycles. The van der Waals surface area contributed by atoms with Crippen LogP contribution >= 0.6 is 0 Å². The molecule has 4 nitrogen and oxygen atoms in total. The third-order valence-corrected chi connectivity index (χ3v) is 3.00. The van der Waals surface area contributed by atoms with Crippen LogP contribution in [0.1, 0.15) is 21.5 Å². The summed E-state index contributed by atoms with van der Waals surface area (Å²) in [5.74, 6) is -0.794. The van der Waals surface area contributed by atoms with E-state index in [0.29, 0.717) is 18.7 Å². The lowest BCUT2D eigenvalue weighted by Crippen LogP contribution is -2.35. The highest BCUT2D eigenvalue weighted by Gasteiger charge is 2.36. The highest BCUT2D eigenvalue weighted by Crippen LogP contribution is 2.32. The molecule has 1 amide bonds. The molecule has 0 radical (unpaired) electrons. The molecule has 0 bridgehead atoms. The number of Topliss-reactive ketones (excluding diaryl/α,β-unsaturated/α-hetero) is 1. The Morgan fingerprint density at radius 3 is 2.59 bits per heavy atom. The number of amides is 1. The first-order valence-corrected chi connectivity index (χ1v) is 5.68. The van der Waals surface area contributed by atoms with Gasteiger partial charge in [0.15, 0.2) is 0 Å². The predicted molar refractivity (Wildman–Crippen MR) is 66.5 cm³/mol. The number of fused-ring (bicyclic) bond motifs is 1. The summed E-state index contributed by atoms with van der Waals surface area (Å²) in [5.41, 5.74) is 3.27. The maximum absolute atomic E-state index is 11.9. The maximum atomic E-state index is 11.9. The van der Waals surface area contributed by atoms with Gasteiger partial charge in [-0.3, -0.25) is 9.59 Å². The first-order chi connectivity index (χ1) is 8.06. The van der Waals surface area contributed by atoms with Gasteiger partial charge in [-0.15, -0.1) is 0 Å². The van der Waals surface area contributed by atoms with Gasteiger partial charge >= 0.3 is 0 Å². The van der Waals surface area contributed by atoms with E-state index in [1.54, 1.807) is 4.90 Å². The summed E-state index contributed by atoms with van der Waals surface area (Å²) in [7, 11) is 1.82. The number of carbonyl (C=O) groups excluding carboxylic acids is 2. The van der Waals surface area contributed by atoms with Crippen LogP contribution in [0.2, 0.25) is 0 Å². The minimum absolute atomic E-state index is 0.381. The number of hydrogen-bond acceptors (Lipinski definition) is 3. The minimum atomic E-state index is -0.413. The van der Waals surface area contributed by atoms with E-state index in [2.05, 4.69) is 5.32 Å². The van der Waals surface area contributed by atoms with E-state index >= 15 is 0 Å². The molecular formula is C13H16N2O2. The van der Waals surface area contributed by atoms with E-state index in [1.807, 2.05) is 33.0 Å². The van der Waals surface area contributed by atoms with Gasteiger partial charge in [0.1, 0.15) is 0 Å². The third-order valence-electron chi connectivity index (χ3n) is 3.00. The molecule has 0 saturated carbocycles. The molecule has 1 N–H and O–H groups in total. The smallest absolute Gasteiger partial charge is 0.299 e. The molecule has 0 aromatic heterocycles. The summed E-state index contributed by atoms with van der Waals surface area (Å²) in [6.07, 6.45) is 0. The summed E-state index contributed by atoms with van der Waals surface area (Å²) in [6, 6.07) is 3.84. The van der Waals surface area contributed by atoms with Crippen molar-refractivity contribution in [2.45, 2.75) is 13.8 Å². The van der Waals surface area contributed by atoms with Crippen molar-refractivity contribution in [2.24, 2.45) is 0 Å². The molecule has 0 spiro atoms. The second-order valence-electron chi connectivity index (χ2n) is 4.37. The highest BCUT2D eigenvalue weighted by molar-refractivity contribution is 6.52. The van der Waals surface area contributed by atoms with Crippen LogP contribution in [0, 0.1) is 13.8 Å². The minimum Gasteiger partial charge on any atom is -0.318 e. The lowest BCUT2D eigenvalue weighted by Gasteiger charge is -2.16. The highest BCUT2D eigenvalue weighted by atomic mass is 16.2. The Hall–Kier alpha value is -1.68. The van der Waals surface area contributed by atoms with E-state index in [9.17, 15) is 9.59 Å². The zero-order valence-electron chi connectivity index (χ0n) is 10.3. The summed E-state index contributed by atoms with van der Waals surface area (Å²) < 4.78 is 0. The Kier molecular flexibility index (Phi) is 2.98. The van der Waals surface area contributed by atoms with Gasteiger partial charge in [-0.25, -0.2) is 0 Å². The first kappa shape index (κ1) is 11.8. The fourth-order valence-corrected chi connectivity index (χ4v) is 2.24. The van der Waals surface area contributed by atoms with Crippen molar-refractivity contribution in [3.8, 4) is 0 Å². The van der Waals surface area contributed by atoms with E-state index in [0.717, 1.165) is 16.8 Å². The molecule has 17 heavy (non-hydrogen) atoms. The van der Waals surface area contributed by atoms with E-state index in [4.69, 9.17) is 0 Å². The number of carbonyl (C=O) groups is 2. The van der Waals surface area contributed by atoms with Crippen LogP contribution in [-0.2, 0) is 4.79 Å². The zero-order chi connectivity index (χ0) is 12.6. The predicted octanol–water partition coefficient (Wildman–Crippen LogP) is 1.05. The second kappa shape index (κ2) is 4.30. The Labute approximate surface area is 101 Å². The molecule has 0 atom stereocenters. The number of hydrogen-bond donors (Lipinski definition) is 1. The number of likely N-dealkylation sites (N-methyl/N-ethyl adjacent to an activating group) is 1. The molecule has 0 fully saturated rings. The normalized spacial score (nSPS) is 14.4. The largest absolute Gasteiger partial charge is 0.318 e. The number of ketones is 1. The van der Waals surface area contributed by atoms with Gasteiger partial charge in [-0.05, 0) is 38.1 Å². The average molecular weight is 232 g/mol. The third kappa shape index (κ3) is 1.85. The lowest BCUT2D eigenvalue weighted by atomic mass is 10.0. The van der Waals surface area contributed by atoms with Crippen LogP contribution in [0.5, 0.6) is 0 Å². The quantitative estimate of drug-likeness (QED) is 0.792. The molecule has 0 unspecified atom stereocenters. The lowest BCUT2D eigenvalue weighted by molar-refractivity contribution is -0.114. The van der Waals surface area contributed by atoms with Crippen molar-refractivity contribution in [2.75, 3.05) is 25.0 Å². The van der Waals surface area contributed by atoms with Gasteiger partial charge in [-0.1, -0.05) is 6.07 Å². The molecule has 1 aromatic carbocycles. The molecule has 0 aliphatic carbocycles. The van der Waals surface area contributed by atoms with Gasteiger partial charge in [0.25, 0.3) is 11.7 Å². The molecule has 4 heteroatoms. The molecule has 0 saturated heterocycles. The van der Waals surface area contributed by atoms with E-state index in [1.165, 1.54) is 0 Å². The Bertz CT molecular complexity index is 494. The second-order valence-corrected chi connectivity index (χ2v) is 4.37. The van der Waals surface area contributed by atoms with Gasteiger partial charge < -0.3 is 10.2 Å². The Balaban J connectivity index is 2.48. The first-order valence-electron chi connectivity index (χ1n) is 5.68. The molecule has 90 valence electrons. The van der Waals surface area contributed by atoms with E-state index < -0.39 is 5.91 Å². The standard InChI is InChI=1S/C13H16N2O2/c1-8-6-9(2)11-10(7-8)15(5-4-14-3)13(17)12(11)16/h6-7,14H,4-5H2,1-3H3. The van der Waals surface area contributed by atoms with Gasteiger partial charge in [0, 0.05) is 13.1 Å². The molecule has 2 rings (SSSR count). The fourth-order valence-electron chi connectivity index (χ4n) is 2.24. The van der Waals surface area contributed by atoms with Gasteiger partial charge in [0.2, 0.25) is 0 Å². The van der Waals surface area contributed by atoms with Crippen LogP contribution < -0.4 is 10.2 Å². The zero-order valence-corrected chi connectivity index (χ0v) is 10.3. The van der Waals surface area contributed by atoms with Crippen molar-refractivity contribution >= 4 is 17.4 Å². The van der Waals surface area contributed by atoms with Crippen LogP contribution in [0.25, 0.3) is 0 Å². The molecule has 1 aliphatic heterocycles. The van der Waals surface area contributed by atoms with E-state index in [-0.39, 0.29) is 5.78 Å². The van der Waals surface area contributed by atoms with Crippen LogP contribution in [0.15, 0.2) is 12.1 Å². The SMILES string of the molecule is CNCCN1C(=O)C(=O)c2c(C)cc(C)cc21. The molecule has 1 aromatic rings. The van der Waals surface area contributed by atoms with Crippen molar-refractivity contribution in [3.05, 3.63) is 28.8 Å². The topological polar surface area (TPSA) is 49.4 Å². The Morgan fingerprint density at radius 1 is 1.24 bits per heavy atom. The number of nitrogens with zero attached hydrogens (tertiary/aromatic N) is 1. The summed E-state index contributed by atoms with van der Waals surface area (Å²) in [5, 5.41) is 2.98. The van der Waals surface area contributed by atoms with Crippen molar-refractivity contribution in [1.82, 2.24) is 5.32 Å². The summed E-state index contributed by atoms with van der Waals surface area (Å²) in [6.45, 7) is 5.04. The number of nitrogens with one attached hydrogen (secondary N) is 1. The Morgan fingerprint density at radius 2 is 1.94 bits per heavy atom. The fraction of sp³-hybridized carbons (Fsp3) is 0.385. The van der Waals surface area contributed by atoms with Crippen molar-refractivity contribution < 1.29 is 9.59 Å². The summed E-state index contributed by atoms with van der Waals surface area (Å²) in [4.78, 5) is 25.3. The number of rotatable bonds is 3. The van der Waals surface area contributed by atoms with Gasteiger partial charge in [0.05, 0.1) is 11.3 Å². The summed E-state index contributed by atoms with van der Waals surface area (Å²) >= 11 is 0. The van der Waals surface area contributed by atoms with Crippen LogP contribution in [0.4, 0.5) is 5.69 Å². The van der Waals surface area contributed by atoms with Crippen molar-refractivity contribution in [3.63, 3.8) is 0 Å². The number of benzene rings is 1. The maximum Gasteiger partial charge on any atom is 0.299 e. The van der Waals surface area contributed by atoms with Crippen LogP contribution in [-0.4, -0.2) is 31.8 Å². The molecule has 1 aliphatic rings. The van der Waals surface area contributed by atoms with Crippen molar-refractivity contribution in [1.29, 1.82) is 0 Å². The number of aryl methyl sites for hydroxylation is 2. The molecular weight excluding hydrogens is 216 g/mol. The average Bonchev–Trinajstić information content (AvgIpc) is 2.49.